The Hall–Kier alpha value is -3.65. The monoisotopic (exact) mass is 435 g/mol. The quantitative estimate of drug-likeness (QED) is 0.271. The van der Waals surface area contributed by atoms with Crippen LogP contribution in [0.2, 0.25) is 0 Å². The summed E-state index contributed by atoms with van der Waals surface area (Å²) in [6.07, 6.45) is -0.529. The van der Waals surface area contributed by atoms with Crippen LogP contribution in [0.25, 0.3) is 39.2 Å². The number of rotatable bonds is 5. The molecule has 0 aliphatic carbocycles. The van der Waals surface area contributed by atoms with Crippen molar-refractivity contribution in [2.75, 3.05) is 0 Å². The predicted molar refractivity (Wildman–Crippen MR) is 140 cm³/mol. The summed E-state index contributed by atoms with van der Waals surface area (Å²) in [7, 11) is 0. The van der Waals surface area contributed by atoms with E-state index in [9.17, 15) is 0 Å². The molecule has 0 saturated heterocycles. The first kappa shape index (κ1) is 16.0. The van der Waals surface area contributed by atoms with E-state index in [1.807, 2.05) is 110 Å². The minimum atomic E-state index is -2.28. The molecule has 0 amide bonds. The minimum Gasteiger partial charge on any atom is -0.292 e. The highest BCUT2D eigenvalue weighted by Gasteiger charge is 2.20. The Morgan fingerprint density at radius 1 is 0.909 bits per heavy atom. The Morgan fingerprint density at radius 2 is 1.70 bits per heavy atom. The fourth-order valence-electron chi connectivity index (χ4n) is 4.43. The number of imidazole rings is 1. The average molecular weight is 436 g/mol. The number of para-hydroxylation sites is 3. The third-order valence-corrected chi connectivity index (χ3v) is 6.06. The number of fused-ring (bicyclic) bond motifs is 1. The van der Waals surface area contributed by atoms with E-state index in [1.165, 1.54) is 0 Å². The van der Waals surface area contributed by atoms with E-state index >= 15 is 0 Å². The summed E-state index contributed by atoms with van der Waals surface area (Å²) >= 11 is 0. The molecule has 0 saturated carbocycles. The summed E-state index contributed by atoms with van der Waals surface area (Å²) in [6, 6.07) is 28.5. The van der Waals surface area contributed by atoms with Crippen molar-refractivity contribution in [1.29, 1.82) is 0 Å². The first-order chi connectivity index (χ1) is 18.0. The van der Waals surface area contributed by atoms with Crippen LogP contribution in [0.5, 0.6) is 0 Å². The summed E-state index contributed by atoms with van der Waals surface area (Å²) in [6.45, 7) is 3.25. The van der Waals surface area contributed by atoms with Gasteiger partial charge in [-0.05, 0) is 65.2 Å². The van der Waals surface area contributed by atoms with Gasteiger partial charge >= 0.3 is 0 Å². The topological polar surface area (TPSA) is 17.8 Å². The molecule has 33 heavy (non-hydrogen) atoms. The Kier molecular flexibility index (Phi) is 4.23. The van der Waals surface area contributed by atoms with Crippen molar-refractivity contribution >= 4 is 11.0 Å². The van der Waals surface area contributed by atoms with Gasteiger partial charge in [-0.3, -0.25) is 4.57 Å². The normalized spacial score (nSPS) is 15.3. The lowest BCUT2D eigenvalue weighted by molar-refractivity contribution is 0.843. The third kappa shape index (κ3) is 3.76. The SMILES string of the molecule is [2H]C(C)c1cccc(C([2H])(C)C)c1-n1c(-c2ccc(C([2H])([2H])[2H])c(-c3ccccc3)c2)nc2ccccc21. The second-order valence-electron chi connectivity index (χ2n) is 8.42. The van der Waals surface area contributed by atoms with Crippen molar-refractivity contribution < 1.29 is 6.85 Å². The number of hydrogen-bond acceptors (Lipinski definition) is 1. The average Bonchev–Trinajstić information content (AvgIpc) is 3.26. The molecule has 2 nitrogen and oxygen atoms in total. The maximum absolute atomic E-state index is 8.92. The van der Waals surface area contributed by atoms with Crippen LogP contribution < -0.4 is 0 Å². The van der Waals surface area contributed by atoms with Crippen LogP contribution >= 0.6 is 0 Å². The second-order valence-corrected chi connectivity index (χ2v) is 8.42. The van der Waals surface area contributed by atoms with Crippen LogP contribution in [0.4, 0.5) is 0 Å². The molecule has 0 fully saturated rings. The molecule has 1 atom stereocenters. The Labute approximate surface area is 203 Å². The summed E-state index contributed by atoms with van der Waals surface area (Å²) in [5, 5.41) is 0. The van der Waals surface area contributed by atoms with Gasteiger partial charge in [0.2, 0.25) is 0 Å². The zero-order valence-electron chi connectivity index (χ0n) is 24.1. The second kappa shape index (κ2) is 8.71. The van der Waals surface area contributed by atoms with Crippen molar-refractivity contribution in [2.24, 2.45) is 0 Å². The van der Waals surface area contributed by atoms with Gasteiger partial charge in [-0.1, -0.05) is 93.6 Å². The van der Waals surface area contributed by atoms with Gasteiger partial charge in [0.05, 0.1) is 16.7 Å². The zero-order chi connectivity index (χ0) is 27.2. The number of benzene rings is 4. The molecule has 1 unspecified atom stereocenters. The lowest BCUT2D eigenvalue weighted by Gasteiger charge is -2.20. The molecule has 5 rings (SSSR count). The van der Waals surface area contributed by atoms with E-state index in [0.717, 1.165) is 39.0 Å². The van der Waals surface area contributed by atoms with E-state index in [1.54, 1.807) is 6.07 Å². The highest BCUT2D eigenvalue weighted by atomic mass is 15.1. The largest absolute Gasteiger partial charge is 0.292 e. The van der Waals surface area contributed by atoms with Crippen LogP contribution in [0.3, 0.4) is 0 Å². The fraction of sp³-hybridized carbons (Fsp3) is 0.194. The van der Waals surface area contributed by atoms with Crippen LogP contribution in [0, 0.1) is 6.85 Å². The Morgan fingerprint density at radius 3 is 2.45 bits per heavy atom. The molecule has 0 N–H and O–H groups in total. The van der Waals surface area contributed by atoms with Crippen LogP contribution in [-0.2, 0) is 6.40 Å². The van der Waals surface area contributed by atoms with Gasteiger partial charge in [-0.25, -0.2) is 4.98 Å². The van der Waals surface area contributed by atoms with Gasteiger partial charge in [0.15, 0.2) is 0 Å². The number of hydrogen-bond donors (Lipinski definition) is 0. The van der Waals surface area contributed by atoms with Crippen molar-refractivity contribution in [3.63, 3.8) is 0 Å². The molecule has 1 heterocycles. The molecule has 0 aliphatic heterocycles. The van der Waals surface area contributed by atoms with Crippen LogP contribution in [0.15, 0.2) is 91.0 Å². The molecule has 2 heteroatoms. The Bertz CT molecular complexity index is 1610. The van der Waals surface area contributed by atoms with Crippen molar-refractivity contribution in [3.8, 4) is 28.2 Å². The van der Waals surface area contributed by atoms with E-state index < -0.39 is 19.1 Å². The summed E-state index contributed by atoms with van der Waals surface area (Å²) in [5.41, 5.74) is 6.50. The summed E-state index contributed by atoms with van der Waals surface area (Å²) in [4.78, 5) is 5.01. The van der Waals surface area contributed by atoms with Crippen LogP contribution in [0.1, 0.15) is 50.2 Å². The molecular formula is C31H30N2. The zero-order valence-corrected chi connectivity index (χ0v) is 19.1. The molecular weight excluding hydrogens is 400 g/mol. The molecule has 0 radical (unpaired) electrons. The van der Waals surface area contributed by atoms with Crippen molar-refractivity contribution in [3.05, 3.63) is 108 Å². The van der Waals surface area contributed by atoms with E-state index in [-0.39, 0.29) is 5.56 Å². The number of nitrogens with zero attached hydrogens (tertiary/aromatic N) is 2. The van der Waals surface area contributed by atoms with E-state index in [4.69, 9.17) is 11.8 Å². The van der Waals surface area contributed by atoms with E-state index in [0.29, 0.717) is 11.4 Å². The maximum atomic E-state index is 8.92. The first-order valence-electron chi connectivity index (χ1n) is 13.8. The summed E-state index contributed by atoms with van der Waals surface area (Å²) in [5.74, 6) is -0.289. The number of aryl methyl sites for hydroxylation is 2. The van der Waals surface area contributed by atoms with Gasteiger partial charge in [0, 0.05) is 12.4 Å². The fourth-order valence-corrected chi connectivity index (χ4v) is 4.43. The molecule has 0 spiro atoms. The predicted octanol–water partition coefficient (Wildman–Crippen LogP) is 8.35. The molecule has 0 aliphatic rings. The highest BCUT2D eigenvalue weighted by molar-refractivity contribution is 5.85. The lowest BCUT2D eigenvalue weighted by atomic mass is 9.95. The molecule has 5 aromatic rings. The molecule has 4 aromatic carbocycles. The lowest BCUT2D eigenvalue weighted by Crippen LogP contribution is -2.07. The first-order valence-corrected chi connectivity index (χ1v) is 11.2. The van der Waals surface area contributed by atoms with Crippen molar-refractivity contribution in [2.45, 2.75) is 39.9 Å². The smallest absolute Gasteiger partial charge is 0.145 e. The number of aromatic nitrogens is 2. The molecule has 1 aromatic heterocycles. The molecule has 164 valence electrons. The van der Waals surface area contributed by atoms with Gasteiger partial charge in [-0.15, -0.1) is 0 Å². The van der Waals surface area contributed by atoms with Crippen molar-refractivity contribution in [1.82, 2.24) is 9.55 Å². The van der Waals surface area contributed by atoms with Gasteiger partial charge in [0.1, 0.15) is 5.82 Å². The van der Waals surface area contributed by atoms with E-state index in [2.05, 4.69) is 0 Å². The van der Waals surface area contributed by atoms with Gasteiger partial charge in [-0.2, -0.15) is 0 Å². The Balaban J connectivity index is 1.88. The molecule has 0 bridgehead atoms. The highest BCUT2D eigenvalue weighted by Crippen LogP contribution is 2.36. The standard InChI is InChI=1S/C31H30N2/c1-5-23-14-11-15-26(21(2)3)30(23)33-29-17-10-9-16-28(29)32-31(33)25-19-18-22(4)27(20-25)24-12-7-6-8-13-24/h6-21H,5H2,1-4H3/i4D3,5D,21D. The third-order valence-electron chi connectivity index (χ3n) is 6.06. The maximum Gasteiger partial charge on any atom is 0.145 e. The van der Waals surface area contributed by atoms with Crippen LogP contribution in [-0.4, -0.2) is 9.55 Å². The minimum absolute atomic E-state index is 0.281. The summed E-state index contributed by atoms with van der Waals surface area (Å²) < 4.78 is 44.0. The van der Waals surface area contributed by atoms with Gasteiger partial charge in [0.25, 0.3) is 0 Å². The van der Waals surface area contributed by atoms with Gasteiger partial charge < -0.3 is 0 Å².